The van der Waals surface area contributed by atoms with Crippen molar-refractivity contribution in [3.63, 3.8) is 0 Å². The second-order valence-corrected chi connectivity index (χ2v) is 9.39. The molecule has 1 aliphatic rings. The first kappa shape index (κ1) is 18.0. The van der Waals surface area contributed by atoms with E-state index in [1.807, 2.05) is 48.7 Å². The van der Waals surface area contributed by atoms with E-state index in [-0.39, 0.29) is 5.25 Å². The largest absolute Gasteiger partial charge is 0.497 e. The van der Waals surface area contributed by atoms with Crippen molar-refractivity contribution in [1.29, 1.82) is 0 Å². The van der Waals surface area contributed by atoms with Crippen molar-refractivity contribution in [1.82, 2.24) is 9.55 Å². The fraction of sp³-hybridized carbons (Fsp3) is 0.227. The minimum absolute atomic E-state index is 0.228. The topological polar surface area (TPSA) is 73.2 Å². The highest BCUT2D eigenvalue weighted by Gasteiger charge is 2.35. The average Bonchev–Trinajstić information content (AvgIpc) is 3.51. The monoisotopic (exact) mass is 407 g/mol. The summed E-state index contributed by atoms with van der Waals surface area (Å²) in [5.41, 5.74) is 3.72. The maximum absolute atomic E-state index is 12.1. The first-order valence-electron chi connectivity index (χ1n) is 9.56. The summed E-state index contributed by atoms with van der Waals surface area (Å²) in [5, 5.41) is 1.92. The van der Waals surface area contributed by atoms with Crippen molar-refractivity contribution < 1.29 is 13.2 Å². The molecule has 2 heterocycles. The summed E-state index contributed by atoms with van der Waals surface area (Å²) in [5.74, 6) is 0.784. The Labute approximate surface area is 169 Å². The molecule has 0 unspecified atom stereocenters. The van der Waals surface area contributed by atoms with Crippen molar-refractivity contribution in [3.05, 3.63) is 66.5 Å². The van der Waals surface area contributed by atoms with Crippen LogP contribution in [-0.4, -0.2) is 30.3 Å². The Kier molecular flexibility index (Phi) is 4.20. The molecule has 1 fully saturated rings. The van der Waals surface area contributed by atoms with Gasteiger partial charge in [-0.3, -0.25) is 9.71 Å². The smallest absolute Gasteiger partial charge is 0.235 e. The molecule has 1 saturated carbocycles. The summed E-state index contributed by atoms with van der Waals surface area (Å²) >= 11 is 0. The predicted molar refractivity (Wildman–Crippen MR) is 115 cm³/mol. The Morgan fingerprint density at radius 3 is 2.66 bits per heavy atom. The highest BCUT2D eigenvalue weighted by molar-refractivity contribution is 7.93. The lowest BCUT2D eigenvalue weighted by Crippen LogP contribution is -2.17. The van der Waals surface area contributed by atoms with Gasteiger partial charge in [-0.2, -0.15) is 0 Å². The number of fused-ring (bicyclic) bond motifs is 3. The van der Waals surface area contributed by atoms with Crippen LogP contribution in [0, 0.1) is 0 Å². The average molecular weight is 407 g/mol. The second kappa shape index (κ2) is 6.77. The maximum atomic E-state index is 12.1. The molecule has 29 heavy (non-hydrogen) atoms. The van der Waals surface area contributed by atoms with Crippen LogP contribution in [0.25, 0.3) is 21.8 Å². The van der Waals surface area contributed by atoms with Gasteiger partial charge in [0.05, 0.1) is 23.4 Å². The van der Waals surface area contributed by atoms with Crippen LogP contribution >= 0.6 is 0 Å². The summed E-state index contributed by atoms with van der Waals surface area (Å²) in [6, 6.07) is 15.6. The van der Waals surface area contributed by atoms with Crippen molar-refractivity contribution in [3.8, 4) is 5.75 Å². The van der Waals surface area contributed by atoms with Gasteiger partial charge in [-0.1, -0.05) is 12.1 Å². The molecule has 5 rings (SSSR count). The van der Waals surface area contributed by atoms with Gasteiger partial charge in [0.25, 0.3) is 0 Å². The van der Waals surface area contributed by atoms with E-state index in [1.165, 1.54) is 0 Å². The predicted octanol–water partition coefficient (Wildman–Crippen LogP) is 4.15. The minimum Gasteiger partial charge on any atom is -0.497 e. The lowest BCUT2D eigenvalue weighted by Gasteiger charge is -2.11. The van der Waals surface area contributed by atoms with Crippen LogP contribution in [0.2, 0.25) is 0 Å². The van der Waals surface area contributed by atoms with Crippen LogP contribution in [-0.2, 0) is 16.6 Å². The van der Waals surface area contributed by atoms with Crippen molar-refractivity contribution in [2.45, 2.75) is 24.6 Å². The molecule has 0 radical (unpaired) electrons. The number of rotatable bonds is 6. The molecule has 0 bridgehead atoms. The summed E-state index contributed by atoms with van der Waals surface area (Å²) in [4.78, 5) is 4.54. The second-order valence-electron chi connectivity index (χ2n) is 7.43. The van der Waals surface area contributed by atoms with Gasteiger partial charge >= 0.3 is 0 Å². The van der Waals surface area contributed by atoms with Crippen molar-refractivity contribution in [2.75, 3.05) is 11.8 Å². The zero-order chi connectivity index (χ0) is 20.0. The van der Waals surface area contributed by atoms with Gasteiger partial charge in [0.2, 0.25) is 10.0 Å². The Morgan fingerprint density at radius 2 is 1.93 bits per heavy atom. The SMILES string of the molecule is COc1ccc2c(c1)ncc1ccn(Cc3ccc(NS(=O)(=O)C4CC4)cc3)c12. The third-order valence-corrected chi connectivity index (χ3v) is 7.20. The van der Waals surface area contributed by atoms with Crippen LogP contribution in [0.3, 0.4) is 0 Å². The van der Waals surface area contributed by atoms with Gasteiger partial charge in [-0.25, -0.2) is 8.42 Å². The standard InChI is InChI=1S/C22H21N3O3S/c1-28-18-6-9-20-21(12-18)23-13-16-10-11-25(22(16)20)14-15-2-4-17(5-3-15)24-29(26,27)19-7-8-19/h2-6,9-13,19,24H,7-8,14H2,1H3. The van der Waals surface area contributed by atoms with E-state index in [0.29, 0.717) is 12.2 Å². The van der Waals surface area contributed by atoms with Crippen molar-refractivity contribution >= 4 is 37.5 Å². The highest BCUT2D eigenvalue weighted by atomic mass is 32.2. The first-order valence-corrected chi connectivity index (χ1v) is 11.1. The summed E-state index contributed by atoms with van der Waals surface area (Å²) in [6.07, 6.45) is 5.44. The molecule has 4 aromatic rings. The number of benzene rings is 2. The van der Waals surface area contributed by atoms with E-state index in [2.05, 4.69) is 26.5 Å². The van der Waals surface area contributed by atoms with E-state index in [0.717, 1.165) is 46.0 Å². The number of aromatic nitrogens is 2. The van der Waals surface area contributed by atoms with E-state index in [1.54, 1.807) is 7.11 Å². The molecule has 1 N–H and O–H groups in total. The Morgan fingerprint density at radius 1 is 1.14 bits per heavy atom. The van der Waals surface area contributed by atoms with Crippen LogP contribution in [0.5, 0.6) is 5.75 Å². The molecule has 2 aromatic carbocycles. The summed E-state index contributed by atoms with van der Waals surface area (Å²) < 4.78 is 34.4. The number of sulfonamides is 1. The lowest BCUT2D eigenvalue weighted by atomic mass is 10.1. The van der Waals surface area contributed by atoms with Gasteiger partial charge in [-0.05, 0) is 48.7 Å². The molecule has 0 saturated heterocycles. The van der Waals surface area contributed by atoms with Crippen molar-refractivity contribution in [2.24, 2.45) is 0 Å². The van der Waals surface area contributed by atoms with Crippen LogP contribution in [0.4, 0.5) is 5.69 Å². The number of anilines is 1. The maximum Gasteiger partial charge on any atom is 0.235 e. The minimum atomic E-state index is -3.23. The molecule has 148 valence electrons. The van der Waals surface area contributed by atoms with Gasteiger partial charge in [-0.15, -0.1) is 0 Å². The van der Waals surface area contributed by atoms with Crippen LogP contribution < -0.4 is 9.46 Å². The highest BCUT2D eigenvalue weighted by Crippen LogP contribution is 2.30. The number of hydrogen-bond acceptors (Lipinski definition) is 4. The number of hydrogen-bond donors (Lipinski definition) is 1. The number of nitrogens with one attached hydrogen (secondary N) is 1. The van der Waals surface area contributed by atoms with E-state index < -0.39 is 10.0 Å². The molecule has 7 heteroatoms. The van der Waals surface area contributed by atoms with E-state index >= 15 is 0 Å². The molecule has 0 amide bonds. The molecule has 0 spiro atoms. The molecule has 6 nitrogen and oxygen atoms in total. The van der Waals surface area contributed by atoms with E-state index in [9.17, 15) is 8.42 Å². The third kappa shape index (κ3) is 3.42. The zero-order valence-electron chi connectivity index (χ0n) is 16.0. The number of nitrogens with zero attached hydrogens (tertiary/aromatic N) is 2. The lowest BCUT2D eigenvalue weighted by molar-refractivity contribution is 0.415. The number of ether oxygens (including phenoxy) is 1. The van der Waals surface area contributed by atoms with Gasteiger partial charge in [0.1, 0.15) is 5.75 Å². The number of methoxy groups -OCH3 is 1. The quantitative estimate of drug-likeness (QED) is 0.521. The zero-order valence-corrected chi connectivity index (χ0v) is 16.8. The fourth-order valence-electron chi connectivity index (χ4n) is 3.62. The number of pyridine rings is 1. The Hall–Kier alpha value is -3.06. The summed E-state index contributed by atoms with van der Waals surface area (Å²) in [6.45, 7) is 0.685. The Balaban J connectivity index is 1.44. The molecular weight excluding hydrogens is 386 g/mol. The van der Waals surface area contributed by atoms with Gasteiger partial charge in [0, 0.05) is 41.5 Å². The summed E-state index contributed by atoms with van der Waals surface area (Å²) in [7, 11) is -1.58. The molecular formula is C22H21N3O3S. The first-order chi connectivity index (χ1) is 14.0. The third-order valence-electron chi connectivity index (χ3n) is 5.33. The normalized spacial score (nSPS) is 14.4. The van der Waals surface area contributed by atoms with Crippen LogP contribution in [0.1, 0.15) is 18.4 Å². The molecule has 2 aromatic heterocycles. The van der Waals surface area contributed by atoms with Gasteiger partial charge in [0.15, 0.2) is 0 Å². The van der Waals surface area contributed by atoms with E-state index in [4.69, 9.17) is 4.74 Å². The fourth-order valence-corrected chi connectivity index (χ4v) is 5.01. The molecule has 1 aliphatic carbocycles. The van der Waals surface area contributed by atoms with Crippen LogP contribution in [0.15, 0.2) is 60.9 Å². The van der Waals surface area contributed by atoms with Gasteiger partial charge < -0.3 is 9.30 Å². The molecule has 0 atom stereocenters. The molecule has 0 aliphatic heterocycles. The Bertz CT molecular complexity index is 1310.